The first kappa shape index (κ1) is 12.4. The molecule has 4 heteroatoms. The van der Waals surface area contributed by atoms with E-state index in [2.05, 4.69) is 10.3 Å². The second kappa shape index (κ2) is 5.13. The van der Waals surface area contributed by atoms with Gasteiger partial charge < -0.3 is 9.88 Å². The minimum absolute atomic E-state index is 0.196. The normalized spacial score (nSPS) is 19.6. The SMILES string of the molecule is Cn1c(-c2ccccc2F)cnc1C1CCCNC1. The summed E-state index contributed by atoms with van der Waals surface area (Å²) < 4.78 is 15.9. The van der Waals surface area contributed by atoms with Crippen LogP contribution in [0.15, 0.2) is 30.5 Å². The highest BCUT2D eigenvalue weighted by Gasteiger charge is 2.21. The minimum atomic E-state index is -0.196. The highest BCUT2D eigenvalue weighted by atomic mass is 19.1. The van der Waals surface area contributed by atoms with Crippen LogP contribution in [-0.2, 0) is 7.05 Å². The molecule has 0 spiro atoms. The molecule has 1 N–H and O–H groups in total. The molecule has 1 unspecified atom stereocenters. The molecule has 1 aromatic heterocycles. The van der Waals surface area contributed by atoms with Gasteiger partial charge in [0.05, 0.1) is 11.9 Å². The van der Waals surface area contributed by atoms with E-state index in [0.29, 0.717) is 11.5 Å². The third-order valence-corrected chi connectivity index (χ3v) is 3.84. The summed E-state index contributed by atoms with van der Waals surface area (Å²) in [6.07, 6.45) is 4.10. The van der Waals surface area contributed by atoms with Crippen molar-refractivity contribution in [1.29, 1.82) is 0 Å². The Kier molecular flexibility index (Phi) is 3.34. The molecule has 0 amide bonds. The molecule has 0 bridgehead atoms. The van der Waals surface area contributed by atoms with Crippen molar-refractivity contribution in [3.63, 3.8) is 0 Å². The van der Waals surface area contributed by atoms with Crippen LogP contribution < -0.4 is 5.32 Å². The Labute approximate surface area is 112 Å². The molecule has 1 aromatic carbocycles. The first-order valence-electron chi connectivity index (χ1n) is 6.74. The largest absolute Gasteiger partial charge is 0.331 e. The molecule has 100 valence electrons. The van der Waals surface area contributed by atoms with E-state index in [1.165, 1.54) is 12.5 Å². The van der Waals surface area contributed by atoms with Gasteiger partial charge in [0.15, 0.2) is 0 Å². The van der Waals surface area contributed by atoms with Crippen molar-refractivity contribution in [3.8, 4) is 11.3 Å². The van der Waals surface area contributed by atoms with Crippen LogP contribution in [-0.4, -0.2) is 22.6 Å². The molecule has 2 heterocycles. The topological polar surface area (TPSA) is 29.9 Å². The lowest BCUT2D eigenvalue weighted by molar-refractivity contribution is 0.439. The van der Waals surface area contributed by atoms with Gasteiger partial charge >= 0.3 is 0 Å². The second-order valence-electron chi connectivity index (χ2n) is 5.08. The van der Waals surface area contributed by atoms with Crippen molar-refractivity contribution in [2.75, 3.05) is 13.1 Å². The molecule has 1 saturated heterocycles. The number of hydrogen-bond acceptors (Lipinski definition) is 2. The van der Waals surface area contributed by atoms with E-state index in [0.717, 1.165) is 31.0 Å². The zero-order valence-corrected chi connectivity index (χ0v) is 11.1. The molecular formula is C15H18FN3. The number of hydrogen-bond donors (Lipinski definition) is 1. The van der Waals surface area contributed by atoms with Gasteiger partial charge in [-0.2, -0.15) is 0 Å². The fourth-order valence-electron chi connectivity index (χ4n) is 2.79. The zero-order chi connectivity index (χ0) is 13.2. The van der Waals surface area contributed by atoms with Crippen LogP contribution in [0.3, 0.4) is 0 Å². The molecule has 1 aliphatic rings. The summed E-state index contributed by atoms with van der Waals surface area (Å²) in [4.78, 5) is 4.51. The van der Waals surface area contributed by atoms with E-state index in [4.69, 9.17) is 0 Å². The summed E-state index contributed by atoms with van der Waals surface area (Å²) in [6.45, 7) is 2.04. The van der Waals surface area contributed by atoms with Crippen LogP contribution >= 0.6 is 0 Å². The monoisotopic (exact) mass is 259 g/mol. The van der Waals surface area contributed by atoms with Crippen molar-refractivity contribution in [2.45, 2.75) is 18.8 Å². The van der Waals surface area contributed by atoms with Crippen LogP contribution in [0.1, 0.15) is 24.6 Å². The van der Waals surface area contributed by atoms with Crippen LogP contribution in [0.5, 0.6) is 0 Å². The van der Waals surface area contributed by atoms with Crippen LogP contribution in [0.4, 0.5) is 4.39 Å². The number of rotatable bonds is 2. The quantitative estimate of drug-likeness (QED) is 0.898. The summed E-state index contributed by atoms with van der Waals surface area (Å²) in [7, 11) is 1.97. The fraction of sp³-hybridized carbons (Fsp3) is 0.400. The summed E-state index contributed by atoms with van der Waals surface area (Å²) in [5.74, 6) is 1.28. The van der Waals surface area contributed by atoms with Crippen LogP contribution in [0.25, 0.3) is 11.3 Å². The van der Waals surface area contributed by atoms with E-state index in [1.807, 2.05) is 17.7 Å². The van der Waals surface area contributed by atoms with Crippen molar-refractivity contribution in [2.24, 2.45) is 7.05 Å². The van der Waals surface area contributed by atoms with Crippen molar-refractivity contribution < 1.29 is 4.39 Å². The minimum Gasteiger partial charge on any atom is -0.331 e. The van der Waals surface area contributed by atoms with Gasteiger partial charge in [0.2, 0.25) is 0 Å². The zero-order valence-electron chi connectivity index (χ0n) is 11.1. The van der Waals surface area contributed by atoms with Gasteiger partial charge in [0, 0.05) is 25.1 Å². The Morgan fingerprint density at radius 2 is 2.21 bits per heavy atom. The average molecular weight is 259 g/mol. The maximum atomic E-state index is 13.9. The van der Waals surface area contributed by atoms with E-state index in [9.17, 15) is 4.39 Å². The first-order chi connectivity index (χ1) is 9.27. The maximum absolute atomic E-state index is 13.9. The van der Waals surface area contributed by atoms with Crippen molar-refractivity contribution in [3.05, 3.63) is 42.1 Å². The van der Waals surface area contributed by atoms with E-state index in [-0.39, 0.29) is 5.82 Å². The lowest BCUT2D eigenvalue weighted by Gasteiger charge is -2.22. The number of nitrogens with one attached hydrogen (secondary N) is 1. The Hall–Kier alpha value is -1.68. The molecule has 2 aromatic rings. The van der Waals surface area contributed by atoms with E-state index >= 15 is 0 Å². The number of imidazole rings is 1. The molecule has 0 aliphatic carbocycles. The van der Waals surface area contributed by atoms with Gasteiger partial charge in [0.1, 0.15) is 11.6 Å². The molecule has 1 aliphatic heterocycles. The Morgan fingerprint density at radius 1 is 1.37 bits per heavy atom. The highest BCUT2D eigenvalue weighted by Crippen LogP contribution is 2.28. The first-order valence-corrected chi connectivity index (χ1v) is 6.74. The maximum Gasteiger partial charge on any atom is 0.132 e. The molecule has 19 heavy (non-hydrogen) atoms. The van der Waals surface area contributed by atoms with E-state index < -0.39 is 0 Å². The summed E-state index contributed by atoms with van der Waals surface area (Å²) >= 11 is 0. The Balaban J connectivity index is 1.97. The fourth-order valence-corrected chi connectivity index (χ4v) is 2.79. The lowest BCUT2D eigenvalue weighted by atomic mass is 9.99. The van der Waals surface area contributed by atoms with Crippen LogP contribution in [0, 0.1) is 5.82 Å². The summed E-state index contributed by atoms with van der Waals surface area (Å²) in [6, 6.07) is 6.85. The molecule has 0 radical (unpaired) electrons. The van der Waals surface area contributed by atoms with Crippen LogP contribution in [0.2, 0.25) is 0 Å². The smallest absolute Gasteiger partial charge is 0.132 e. The number of nitrogens with zero attached hydrogens (tertiary/aromatic N) is 2. The third-order valence-electron chi connectivity index (χ3n) is 3.84. The number of aromatic nitrogens is 2. The Morgan fingerprint density at radius 3 is 2.95 bits per heavy atom. The van der Waals surface area contributed by atoms with Gasteiger partial charge in [-0.15, -0.1) is 0 Å². The lowest BCUT2D eigenvalue weighted by Crippen LogP contribution is -2.29. The summed E-state index contributed by atoms with van der Waals surface area (Å²) in [5.41, 5.74) is 1.46. The second-order valence-corrected chi connectivity index (χ2v) is 5.08. The van der Waals surface area contributed by atoms with Gasteiger partial charge in [-0.3, -0.25) is 0 Å². The van der Waals surface area contributed by atoms with Crippen molar-refractivity contribution in [1.82, 2.24) is 14.9 Å². The van der Waals surface area contributed by atoms with Gasteiger partial charge in [-0.1, -0.05) is 12.1 Å². The predicted molar refractivity (Wildman–Crippen MR) is 73.4 cm³/mol. The number of benzene rings is 1. The van der Waals surface area contributed by atoms with E-state index in [1.54, 1.807) is 18.3 Å². The standard InChI is InChI=1S/C15H18FN3/c1-19-14(12-6-2-3-7-13(12)16)10-18-15(19)11-5-4-8-17-9-11/h2-3,6-7,10-11,17H,4-5,8-9H2,1H3. The van der Waals surface area contributed by atoms with Crippen molar-refractivity contribution >= 4 is 0 Å². The molecule has 3 rings (SSSR count). The third kappa shape index (κ3) is 2.28. The predicted octanol–water partition coefficient (Wildman–Crippen LogP) is 2.69. The highest BCUT2D eigenvalue weighted by molar-refractivity contribution is 5.60. The average Bonchev–Trinajstić information content (AvgIpc) is 2.82. The number of halogens is 1. The van der Waals surface area contributed by atoms with Gasteiger partial charge in [0.25, 0.3) is 0 Å². The molecule has 1 atom stereocenters. The molecule has 3 nitrogen and oxygen atoms in total. The Bertz CT molecular complexity index is 571. The summed E-state index contributed by atoms with van der Waals surface area (Å²) in [5, 5.41) is 3.39. The number of piperidine rings is 1. The molecular weight excluding hydrogens is 241 g/mol. The molecule has 1 fully saturated rings. The van der Waals surface area contributed by atoms with Gasteiger partial charge in [-0.25, -0.2) is 9.37 Å². The van der Waals surface area contributed by atoms with Gasteiger partial charge in [-0.05, 0) is 31.5 Å². The molecule has 0 saturated carbocycles.